The topological polar surface area (TPSA) is 105 Å². The van der Waals surface area contributed by atoms with Gasteiger partial charge < -0.3 is 0 Å². The molecule has 2 heterocycles. The first-order valence-electron chi connectivity index (χ1n) is 9.36. The van der Waals surface area contributed by atoms with E-state index in [4.69, 9.17) is 0 Å². The van der Waals surface area contributed by atoms with Gasteiger partial charge in [-0.25, -0.2) is 4.68 Å². The van der Waals surface area contributed by atoms with Crippen LogP contribution in [0, 0.1) is 13.8 Å². The highest BCUT2D eigenvalue weighted by Gasteiger charge is 2.13. The SMILES string of the molecule is Cc1cc(C)n(-c2ccc(C(=O)NNC(=O)c3cc(-c4ccccc4)n[nH]3)cc2)n1. The average Bonchev–Trinajstić information content (AvgIpc) is 3.39. The monoisotopic (exact) mass is 400 g/mol. The predicted octanol–water partition coefficient (Wildman–Crippen LogP) is 2.95. The highest BCUT2D eigenvalue weighted by molar-refractivity contribution is 5.98. The molecule has 4 rings (SSSR count). The molecule has 8 heteroatoms. The molecule has 2 aromatic carbocycles. The van der Waals surface area contributed by atoms with E-state index in [0.29, 0.717) is 11.3 Å². The molecular weight excluding hydrogens is 380 g/mol. The van der Waals surface area contributed by atoms with Crippen molar-refractivity contribution in [2.45, 2.75) is 13.8 Å². The van der Waals surface area contributed by atoms with Crippen molar-refractivity contribution in [3.8, 4) is 16.9 Å². The second-order valence-corrected chi connectivity index (χ2v) is 6.83. The summed E-state index contributed by atoms with van der Waals surface area (Å²) in [5.74, 6) is -0.914. The molecule has 150 valence electrons. The Bertz CT molecular complexity index is 1190. The number of rotatable bonds is 4. The summed E-state index contributed by atoms with van der Waals surface area (Å²) in [5.41, 5.74) is 9.78. The Kier molecular flexibility index (Phi) is 5.13. The van der Waals surface area contributed by atoms with Gasteiger partial charge in [-0.2, -0.15) is 10.2 Å². The van der Waals surface area contributed by atoms with Crippen LogP contribution in [0.4, 0.5) is 0 Å². The van der Waals surface area contributed by atoms with Gasteiger partial charge in [0.25, 0.3) is 11.8 Å². The van der Waals surface area contributed by atoms with Gasteiger partial charge in [0.15, 0.2) is 0 Å². The molecule has 0 aliphatic carbocycles. The lowest BCUT2D eigenvalue weighted by Crippen LogP contribution is -2.41. The number of hydrogen-bond donors (Lipinski definition) is 3. The van der Waals surface area contributed by atoms with Gasteiger partial charge in [0.2, 0.25) is 0 Å². The smallest absolute Gasteiger partial charge is 0.272 e. The molecule has 0 aliphatic heterocycles. The number of H-pyrrole nitrogens is 1. The lowest BCUT2D eigenvalue weighted by molar-refractivity contribution is 0.0844. The van der Waals surface area contributed by atoms with Crippen molar-refractivity contribution in [2.24, 2.45) is 0 Å². The van der Waals surface area contributed by atoms with Crippen LogP contribution in [-0.2, 0) is 0 Å². The van der Waals surface area contributed by atoms with Crippen LogP contribution in [0.2, 0.25) is 0 Å². The number of nitrogens with one attached hydrogen (secondary N) is 3. The van der Waals surface area contributed by atoms with Gasteiger partial charge in [0.05, 0.1) is 17.1 Å². The second kappa shape index (κ2) is 8.04. The molecule has 0 aliphatic rings. The van der Waals surface area contributed by atoms with E-state index in [-0.39, 0.29) is 5.69 Å². The van der Waals surface area contributed by atoms with Gasteiger partial charge in [-0.15, -0.1) is 0 Å². The largest absolute Gasteiger partial charge is 0.287 e. The zero-order valence-corrected chi connectivity index (χ0v) is 16.5. The molecule has 0 saturated carbocycles. The molecule has 0 bridgehead atoms. The van der Waals surface area contributed by atoms with Crippen LogP contribution >= 0.6 is 0 Å². The van der Waals surface area contributed by atoms with Crippen molar-refractivity contribution in [3.63, 3.8) is 0 Å². The van der Waals surface area contributed by atoms with E-state index in [1.807, 2.05) is 50.2 Å². The fourth-order valence-corrected chi connectivity index (χ4v) is 3.09. The quantitative estimate of drug-likeness (QED) is 0.458. The fraction of sp³-hybridized carbons (Fsp3) is 0.0909. The molecule has 2 amide bonds. The summed E-state index contributed by atoms with van der Waals surface area (Å²) >= 11 is 0. The maximum atomic E-state index is 12.4. The summed E-state index contributed by atoms with van der Waals surface area (Å²) in [5, 5.41) is 11.2. The standard InChI is InChI=1S/C22H20N6O2/c1-14-12-15(2)28(27-14)18-10-8-17(9-11-18)21(29)25-26-22(30)20-13-19(23-24-20)16-6-4-3-5-7-16/h3-13H,1-2H3,(H,23,24)(H,25,29)(H,26,30). The molecule has 0 spiro atoms. The van der Waals surface area contributed by atoms with E-state index >= 15 is 0 Å². The van der Waals surface area contributed by atoms with Gasteiger partial charge in [-0.05, 0) is 50.2 Å². The number of nitrogens with zero attached hydrogens (tertiary/aromatic N) is 3. The van der Waals surface area contributed by atoms with Gasteiger partial charge in [0, 0.05) is 16.8 Å². The molecule has 0 unspecified atom stereocenters. The van der Waals surface area contributed by atoms with Crippen LogP contribution in [0.25, 0.3) is 16.9 Å². The molecule has 4 aromatic rings. The number of aryl methyl sites for hydroxylation is 2. The van der Waals surface area contributed by atoms with E-state index in [9.17, 15) is 9.59 Å². The second-order valence-electron chi connectivity index (χ2n) is 6.83. The molecule has 30 heavy (non-hydrogen) atoms. The fourth-order valence-electron chi connectivity index (χ4n) is 3.09. The van der Waals surface area contributed by atoms with Crippen molar-refractivity contribution in [1.29, 1.82) is 0 Å². The summed E-state index contributed by atoms with van der Waals surface area (Å²) in [6.45, 7) is 3.89. The Balaban J connectivity index is 1.38. The number of amides is 2. The number of hydrazine groups is 1. The lowest BCUT2D eigenvalue weighted by Gasteiger charge is -2.08. The number of carbonyl (C=O) groups excluding carboxylic acids is 2. The van der Waals surface area contributed by atoms with Gasteiger partial charge in [-0.3, -0.25) is 25.5 Å². The Morgan fingerprint density at radius 3 is 2.27 bits per heavy atom. The number of aromatic nitrogens is 4. The van der Waals surface area contributed by atoms with Crippen LogP contribution in [0.15, 0.2) is 66.7 Å². The van der Waals surface area contributed by atoms with Crippen molar-refractivity contribution in [3.05, 3.63) is 89.4 Å². The van der Waals surface area contributed by atoms with Crippen LogP contribution in [0.3, 0.4) is 0 Å². The molecular formula is C22H20N6O2. The highest BCUT2D eigenvalue weighted by Crippen LogP contribution is 2.17. The minimum atomic E-state index is -0.489. The van der Waals surface area contributed by atoms with Gasteiger partial charge >= 0.3 is 0 Å². The lowest BCUT2D eigenvalue weighted by atomic mass is 10.1. The minimum Gasteiger partial charge on any atom is -0.272 e. The van der Waals surface area contributed by atoms with Crippen molar-refractivity contribution in [2.75, 3.05) is 0 Å². The molecule has 2 aromatic heterocycles. The molecule has 0 atom stereocenters. The highest BCUT2D eigenvalue weighted by atomic mass is 16.2. The van der Waals surface area contributed by atoms with Crippen molar-refractivity contribution < 1.29 is 9.59 Å². The zero-order chi connectivity index (χ0) is 21.1. The third kappa shape index (κ3) is 3.97. The van der Waals surface area contributed by atoms with E-state index < -0.39 is 11.8 Å². The molecule has 0 radical (unpaired) electrons. The summed E-state index contributed by atoms with van der Waals surface area (Å²) in [4.78, 5) is 24.6. The van der Waals surface area contributed by atoms with E-state index in [0.717, 1.165) is 22.6 Å². The summed E-state index contributed by atoms with van der Waals surface area (Å²) < 4.78 is 1.81. The van der Waals surface area contributed by atoms with Gasteiger partial charge in [0.1, 0.15) is 5.69 Å². The maximum absolute atomic E-state index is 12.4. The molecule has 3 N–H and O–H groups in total. The van der Waals surface area contributed by atoms with Gasteiger partial charge in [-0.1, -0.05) is 30.3 Å². The van der Waals surface area contributed by atoms with Crippen molar-refractivity contribution in [1.82, 2.24) is 30.8 Å². The predicted molar refractivity (Wildman–Crippen MR) is 112 cm³/mol. The van der Waals surface area contributed by atoms with E-state index in [1.165, 1.54) is 0 Å². The Morgan fingerprint density at radius 2 is 1.60 bits per heavy atom. The van der Waals surface area contributed by atoms with Crippen LogP contribution in [0.1, 0.15) is 32.2 Å². The Labute approximate surface area is 172 Å². The summed E-state index contributed by atoms with van der Waals surface area (Å²) in [6, 6.07) is 20.1. The summed E-state index contributed by atoms with van der Waals surface area (Å²) in [7, 11) is 0. The van der Waals surface area contributed by atoms with Crippen LogP contribution < -0.4 is 10.9 Å². The first kappa shape index (κ1) is 19.1. The normalized spacial score (nSPS) is 10.6. The molecule has 0 saturated heterocycles. The van der Waals surface area contributed by atoms with Crippen molar-refractivity contribution >= 4 is 11.8 Å². The Morgan fingerprint density at radius 1 is 0.900 bits per heavy atom. The summed E-state index contributed by atoms with van der Waals surface area (Å²) in [6.07, 6.45) is 0. The van der Waals surface area contributed by atoms with Crippen LogP contribution in [-0.4, -0.2) is 31.8 Å². The maximum Gasteiger partial charge on any atom is 0.287 e. The van der Waals surface area contributed by atoms with E-state index in [1.54, 1.807) is 35.0 Å². The first-order valence-corrected chi connectivity index (χ1v) is 9.36. The number of aromatic amines is 1. The molecule has 0 fully saturated rings. The molecule has 8 nitrogen and oxygen atoms in total. The third-order valence-corrected chi connectivity index (χ3v) is 4.57. The average molecular weight is 400 g/mol. The number of benzene rings is 2. The number of hydrogen-bond acceptors (Lipinski definition) is 4. The third-order valence-electron chi connectivity index (χ3n) is 4.57. The van der Waals surface area contributed by atoms with E-state index in [2.05, 4.69) is 26.1 Å². The zero-order valence-electron chi connectivity index (χ0n) is 16.5. The van der Waals surface area contributed by atoms with Crippen LogP contribution in [0.5, 0.6) is 0 Å². The minimum absolute atomic E-state index is 0.244. The number of carbonyl (C=O) groups is 2. The Hall–Kier alpha value is -4.20. The first-order chi connectivity index (χ1) is 14.5.